The number of hydrogen-bond donors (Lipinski definition) is 0. The number of halogens is 2. The Labute approximate surface area is 87.6 Å². The SMILES string of the molecule is CC(C)(C)O/N=C\c1ccc(F)cc1F. The summed E-state index contributed by atoms with van der Waals surface area (Å²) in [5.74, 6) is -1.27. The molecule has 1 rings (SSSR count). The van der Waals surface area contributed by atoms with Crippen LogP contribution >= 0.6 is 0 Å². The van der Waals surface area contributed by atoms with E-state index in [0.717, 1.165) is 6.07 Å². The van der Waals surface area contributed by atoms with Crippen molar-refractivity contribution in [2.75, 3.05) is 0 Å². The predicted octanol–water partition coefficient (Wildman–Crippen LogP) is 3.11. The molecule has 82 valence electrons. The van der Waals surface area contributed by atoms with E-state index in [4.69, 9.17) is 4.84 Å². The molecule has 0 bridgehead atoms. The normalized spacial score (nSPS) is 12.1. The van der Waals surface area contributed by atoms with Crippen LogP contribution in [0.2, 0.25) is 0 Å². The van der Waals surface area contributed by atoms with Gasteiger partial charge in [0, 0.05) is 11.6 Å². The molecule has 0 radical (unpaired) electrons. The Bertz CT molecular complexity index is 369. The minimum absolute atomic E-state index is 0.195. The van der Waals surface area contributed by atoms with Crippen LogP contribution in [-0.2, 0) is 4.84 Å². The van der Waals surface area contributed by atoms with Gasteiger partial charge in [-0.2, -0.15) is 0 Å². The van der Waals surface area contributed by atoms with Crippen molar-refractivity contribution in [2.24, 2.45) is 5.16 Å². The third-order valence-electron chi connectivity index (χ3n) is 1.48. The number of hydrogen-bond acceptors (Lipinski definition) is 2. The number of benzene rings is 1. The van der Waals surface area contributed by atoms with E-state index in [-0.39, 0.29) is 5.56 Å². The Hall–Kier alpha value is -1.45. The van der Waals surface area contributed by atoms with Gasteiger partial charge in [0.15, 0.2) is 0 Å². The summed E-state index contributed by atoms with van der Waals surface area (Å²) >= 11 is 0. The van der Waals surface area contributed by atoms with Gasteiger partial charge in [-0.05, 0) is 32.9 Å². The van der Waals surface area contributed by atoms with Gasteiger partial charge in [0.05, 0.1) is 6.21 Å². The molecular formula is C11H13F2NO. The van der Waals surface area contributed by atoms with Gasteiger partial charge in [-0.25, -0.2) is 8.78 Å². The highest BCUT2D eigenvalue weighted by Gasteiger charge is 2.09. The van der Waals surface area contributed by atoms with E-state index >= 15 is 0 Å². The molecule has 1 aromatic carbocycles. The van der Waals surface area contributed by atoms with Crippen molar-refractivity contribution in [2.45, 2.75) is 26.4 Å². The second-order valence-corrected chi connectivity index (χ2v) is 4.10. The molecule has 4 heteroatoms. The van der Waals surface area contributed by atoms with Crippen LogP contribution in [0.15, 0.2) is 23.4 Å². The van der Waals surface area contributed by atoms with Crippen LogP contribution in [0.4, 0.5) is 8.78 Å². The molecule has 0 aliphatic carbocycles. The molecule has 0 aromatic heterocycles. The summed E-state index contributed by atoms with van der Waals surface area (Å²) in [5.41, 5.74) is -0.229. The van der Waals surface area contributed by atoms with Crippen LogP contribution in [0.5, 0.6) is 0 Å². The van der Waals surface area contributed by atoms with Crippen molar-refractivity contribution in [3.8, 4) is 0 Å². The molecule has 0 N–H and O–H groups in total. The largest absolute Gasteiger partial charge is 0.390 e. The Morgan fingerprint density at radius 2 is 1.93 bits per heavy atom. The molecule has 0 unspecified atom stereocenters. The zero-order chi connectivity index (χ0) is 11.5. The molecule has 2 nitrogen and oxygen atoms in total. The summed E-state index contributed by atoms with van der Waals surface area (Å²) in [5, 5.41) is 3.62. The Balaban J connectivity index is 2.73. The highest BCUT2D eigenvalue weighted by Crippen LogP contribution is 2.09. The molecule has 0 saturated heterocycles. The zero-order valence-electron chi connectivity index (χ0n) is 8.92. The van der Waals surface area contributed by atoms with Gasteiger partial charge in [-0.3, -0.25) is 0 Å². The summed E-state index contributed by atoms with van der Waals surface area (Å²) in [7, 11) is 0. The maximum atomic E-state index is 13.1. The number of rotatable bonds is 2. The highest BCUT2D eigenvalue weighted by molar-refractivity contribution is 5.79. The Kier molecular flexibility index (Phi) is 3.39. The van der Waals surface area contributed by atoms with Crippen LogP contribution in [0, 0.1) is 11.6 Å². The standard InChI is InChI=1S/C11H13F2NO/c1-11(2,3)15-14-7-8-4-5-9(12)6-10(8)13/h4-7H,1-3H3/b14-7-. The van der Waals surface area contributed by atoms with E-state index in [0.29, 0.717) is 0 Å². The first-order chi connectivity index (χ1) is 6.88. The molecule has 0 atom stereocenters. The van der Waals surface area contributed by atoms with Crippen molar-refractivity contribution in [1.82, 2.24) is 0 Å². The van der Waals surface area contributed by atoms with Gasteiger partial charge in [0.2, 0.25) is 0 Å². The molecule has 0 heterocycles. The molecule has 0 aliphatic rings. The predicted molar refractivity (Wildman–Crippen MR) is 54.8 cm³/mol. The highest BCUT2D eigenvalue weighted by atomic mass is 19.1. The third-order valence-corrected chi connectivity index (χ3v) is 1.48. The summed E-state index contributed by atoms with van der Waals surface area (Å²) < 4.78 is 25.6. The first-order valence-corrected chi connectivity index (χ1v) is 4.55. The fourth-order valence-electron chi connectivity index (χ4n) is 0.847. The zero-order valence-corrected chi connectivity index (χ0v) is 8.92. The quantitative estimate of drug-likeness (QED) is 0.546. The van der Waals surface area contributed by atoms with Crippen molar-refractivity contribution < 1.29 is 13.6 Å². The van der Waals surface area contributed by atoms with Gasteiger partial charge >= 0.3 is 0 Å². The van der Waals surface area contributed by atoms with E-state index in [1.54, 1.807) is 0 Å². The lowest BCUT2D eigenvalue weighted by atomic mass is 10.2. The molecule has 0 amide bonds. The number of nitrogens with zero attached hydrogens (tertiary/aromatic N) is 1. The van der Waals surface area contributed by atoms with Gasteiger partial charge in [0.1, 0.15) is 17.2 Å². The Morgan fingerprint density at radius 1 is 1.27 bits per heavy atom. The van der Waals surface area contributed by atoms with Crippen LogP contribution < -0.4 is 0 Å². The minimum atomic E-state index is -0.656. The Morgan fingerprint density at radius 3 is 2.47 bits per heavy atom. The smallest absolute Gasteiger partial charge is 0.135 e. The van der Waals surface area contributed by atoms with Crippen LogP contribution in [0.3, 0.4) is 0 Å². The van der Waals surface area contributed by atoms with E-state index in [1.807, 2.05) is 20.8 Å². The van der Waals surface area contributed by atoms with Crippen LogP contribution in [0.1, 0.15) is 26.3 Å². The summed E-state index contributed by atoms with van der Waals surface area (Å²) in [6.45, 7) is 5.47. The fourth-order valence-corrected chi connectivity index (χ4v) is 0.847. The molecule has 0 saturated carbocycles. The first kappa shape index (κ1) is 11.6. The van der Waals surface area contributed by atoms with Crippen LogP contribution in [0.25, 0.3) is 0 Å². The third kappa shape index (κ3) is 4.06. The molecular weight excluding hydrogens is 200 g/mol. The second kappa shape index (κ2) is 4.38. The van der Waals surface area contributed by atoms with Gasteiger partial charge in [-0.1, -0.05) is 5.16 Å². The molecule has 0 spiro atoms. The second-order valence-electron chi connectivity index (χ2n) is 4.10. The molecule has 15 heavy (non-hydrogen) atoms. The summed E-state index contributed by atoms with van der Waals surface area (Å²) in [4.78, 5) is 5.03. The minimum Gasteiger partial charge on any atom is -0.390 e. The van der Waals surface area contributed by atoms with Gasteiger partial charge in [0.25, 0.3) is 0 Å². The average molecular weight is 213 g/mol. The van der Waals surface area contributed by atoms with Crippen LogP contribution in [-0.4, -0.2) is 11.8 Å². The topological polar surface area (TPSA) is 21.6 Å². The lowest BCUT2D eigenvalue weighted by Crippen LogP contribution is -2.15. The fraction of sp³-hybridized carbons (Fsp3) is 0.364. The van der Waals surface area contributed by atoms with Gasteiger partial charge in [-0.15, -0.1) is 0 Å². The van der Waals surface area contributed by atoms with Gasteiger partial charge < -0.3 is 4.84 Å². The van der Waals surface area contributed by atoms with E-state index < -0.39 is 17.2 Å². The van der Waals surface area contributed by atoms with E-state index in [2.05, 4.69) is 5.16 Å². The van der Waals surface area contributed by atoms with E-state index in [9.17, 15) is 8.78 Å². The summed E-state index contributed by atoms with van der Waals surface area (Å²) in [6, 6.07) is 3.28. The first-order valence-electron chi connectivity index (χ1n) is 4.55. The molecule has 1 aromatic rings. The monoisotopic (exact) mass is 213 g/mol. The maximum Gasteiger partial charge on any atom is 0.135 e. The lowest BCUT2D eigenvalue weighted by molar-refractivity contribution is 0.00196. The van der Waals surface area contributed by atoms with Crippen molar-refractivity contribution in [3.05, 3.63) is 35.4 Å². The molecule has 0 aliphatic heterocycles. The van der Waals surface area contributed by atoms with Crippen molar-refractivity contribution in [3.63, 3.8) is 0 Å². The number of oxime groups is 1. The van der Waals surface area contributed by atoms with Crippen molar-refractivity contribution in [1.29, 1.82) is 0 Å². The van der Waals surface area contributed by atoms with E-state index in [1.165, 1.54) is 18.3 Å². The lowest BCUT2D eigenvalue weighted by Gasteiger charge is -2.14. The maximum absolute atomic E-state index is 13.1. The summed E-state index contributed by atoms with van der Waals surface area (Å²) in [6.07, 6.45) is 1.22. The average Bonchev–Trinajstić information content (AvgIpc) is 2.07. The molecule has 0 fully saturated rings. The van der Waals surface area contributed by atoms with Crippen molar-refractivity contribution >= 4 is 6.21 Å².